The number of imidazole rings is 1. The van der Waals surface area contributed by atoms with Crippen molar-refractivity contribution in [2.45, 2.75) is 19.4 Å². The van der Waals surface area contributed by atoms with Crippen LogP contribution in [0.1, 0.15) is 11.4 Å². The standard InChI is InChI=1S/C13H14ClN3O/c1-7-16-6-12(17-7)8-2-9-3-10(5-15)18-13(9)11(14)4-8/h2,4,6,10H,3,5,15H2,1H3,(H,16,17)/t10-/m0/s1. The van der Waals surface area contributed by atoms with Gasteiger partial charge in [0.25, 0.3) is 0 Å². The van der Waals surface area contributed by atoms with Crippen molar-refractivity contribution < 1.29 is 4.74 Å². The summed E-state index contributed by atoms with van der Waals surface area (Å²) in [5, 5.41) is 0.630. The first-order valence-electron chi connectivity index (χ1n) is 5.88. The van der Waals surface area contributed by atoms with Crippen LogP contribution in [-0.4, -0.2) is 22.6 Å². The molecule has 0 fully saturated rings. The molecule has 3 N–H and O–H groups in total. The molecule has 1 atom stereocenters. The Hall–Kier alpha value is -1.52. The first-order chi connectivity index (χ1) is 8.67. The lowest BCUT2D eigenvalue weighted by Gasteiger charge is -2.07. The van der Waals surface area contributed by atoms with E-state index in [-0.39, 0.29) is 6.10 Å². The lowest BCUT2D eigenvalue weighted by atomic mass is 10.0. The molecule has 3 rings (SSSR count). The molecule has 1 aromatic carbocycles. The van der Waals surface area contributed by atoms with E-state index in [9.17, 15) is 0 Å². The van der Waals surface area contributed by atoms with Crippen molar-refractivity contribution in [3.05, 3.63) is 34.7 Å². The highest BCUT2D eigenvalue weighted by molar-refractivity contribution is 6.32. The maximum atomic E-state index is 6.25. The minimum atomic E-state index is 0.0382. The molecular weight excluding hydrogens is 250 g/mol. The average Bonchev–Trinajstić information content (AvgIpc) is 2.94. The Kier molecular flexibility index (Phi) is 2.76. The zero-order valence-corrected chi connectivity index (χ0v) is 10.8. The number of fused-ring (bicyclic) bond motifs is 1. The third-order valence-electron chi connectivity index (χ3n) is 3.13. The summed E-state index contributed by atoms with van der Waals surface area (Å²) >= 11 is 6.25. The quantitative estimate of drug-likeness (QED) is 0.874. The van der Waals surface area contributed by atoms with Gasteiger partial charge in [0.15, 0.2) is 0 Å². The molecule has 94 valence electrons. The molecule has 18 heavy (non-hydrogen) atoms. The Labute approximate surface area is 110 Å². The Morgan fingerprint density at radius 3 is 3.06 bits per heavy atom. The van der Waals surface area contributed by atoms with Crippen LogP contribution in [0.15, 0.2) is 18.3 Å². The van der Waals surface area contributed by atoms with Crippen molar-refractivity contribution in [1.82, 2.24) is 9.97 Å². The fraction of sp³-hybridized carbons (Fsp3) is 0.308. The molecule has 2 heterocycles. The predicted octanol–water partition coefficient (Wildman–Crippen LogP) is 2.30. The van der Waals surface area contributed by atoms with Crippen LogP contribution >= 0.6 is 11.6 Å². The van der Waals surface area contributed by atoms with Crippen molar-refractivity contribution >= 4 is 11.6 Å². The monoisotopic (exact) mass is 263 g/mol. The van der Waals surface area contributed by atoms with Gasteiger partial charge in [-0.05, 0) is 19.1 Å². The Bertz CT molecular complexity index is 594. The van der Waals surface area contributed by atoms with E-state index in [4.69, 9.17) is 22.1 Å². The van der Waals surface area contributed by atoms with Crippen LogP contribution in [0.25, 0.3) is 11.3 Å². The fourth-order valence-corrected chi connectivity index (χ4v) is 2.53. The highest BCUT2D eigenvalue weighted by Crippen LogP contribution is 2.39. The molecule has 0 bridgehead atoms. The molecule has 4 nitrogen and oxygen atoms in total. The van der Waals surface area contributed by atoms with Crippen LogP contribution in [0.4, 0.5) is 0 Å². The largest absolute Gasteiger partial charge is 0.487 e. The van der Waals surface area contributed by atoms with Crippen LogP contribution in [0, 0.1) is 6.92 Å². The smallest absolute Gasteiger partial charge is 0.141 e. The zero-order valence-electron chi connectivity index (χ0n) is 10.0. The number of aromatic amines is 1. The molecule has 0 spiro atoms. The molecule has 0 amide bonds. The normalized spacial score (nSPS) is 17.6. The molecular formula is C13H14ClN3O. The van der Waals surface area contributed by atoms with Gasteiger partial charge in [0, 0.05) is 24.1 Å². The molecule has 2 aromatic rings. The number of nitrogens with one attached hydrogen (secondary N) is 1. The number of aromatic nitrogens is 2. The molecule has 0 saturated heterocycles. The van der Waals surface area contributed by atoms with Crippen LogP contribution in [0.3, 0.4) is 0 Å². The van der Waals surface area contributed by atoms with Crippen LogP contribution in [0.2, 0.25) is 5.02 Å². The molecule has 1 aliphatic heterocycles. The third-order valence-corrected chi connectivity index (χ3v) is 3.41. The lowest BCUT2D eigenvalue weighted by Crippen LogP contribution is -2.24. The van der Waals surface area contributed by atoms with E-state index in [0.29, 0.717) is 11.6 Å². The van der Waals surface area contributed by atoms with Crippen molar-refractivity contribution in [1.29, 1.82) is 0 Å². The molecule has 0 saturated carbocycles. The van der Waals surface area contributed by atoms with E-state index >= 15 is 0 Å². The number of halogens is 1. The summed E-state index contributed by atoms with van der Waals surface area (Å²) in [6.07, 6.45) is 2.66. The zero-order chi connectivity index (χ0) is 12.7. The van der Waals surface area contributed by atoms with Crippen LogP contribution < -0.4 is 10.5 Å². The number of aryl methyl sites for hydroxylation is 1. The summed E-state index contributed by atoms with van der Waals surface area (Å²) in [7, 11) is 0. The second-order valence-corrected chi connectivity index (χ2v) is 4.92. The van der Waals surface area contributed by atoms with E-state index < -0.39 is 0 Å². The lowest BCUT2D eigenvalue weighted by molar-refractivity contribution is 0.241. The van der Waals surface area contributed by atoms with Gasteiger partial charge in [0.1, 0.15) is 17.7 Å². The minimum Gasteiger partial charge on any atom is -0.487 e. The number of rotatable bonds is 2. The SMILES string of the molecule is Cc1ncc(-c2cc(Cl)c3c(c2)C[C@@H](CN)O3)[nH]1. The highest BCUT2D eigenvalue weighted by atomic mass is 35.5. The molecule has 1 aliphatic rings. The van der Waals surface area contributed by atoms with Crippen molar-refractivity contribution in [3.63, 3.8) is 0 Å². The summed E-state index contributed by atoms with van der Waals surface area (Å²) < 4.78 is 5.70. The second-order valence-electron chi connectivity index (χ2n) is 4.51. The minimum absolute atomic E-state index is 0.0382. The summed E-state index contributed by atoms with van der Waals surface area (Å²) in [5.74, 6) is 1.66. The predicted molar refractivity (Wildman–Crippen MR) is 70.9 cm³/mol. The number of hydrogen-bond acceptors (Lipinski definition) is 3. The number of H-pyrrole nitrogens is 1. The third kappa shape index (κ3) is 1.87. The van der Waals surface area contributed by atoms with E-state index in [1.165, 1.54) is 0 Å². The highest BCUT2D eigenvalue weighted by Gasteiger charge is 2.25. The summed E-state index contributed by atoms with van der Waals surface area (Å²) in [4.78, 5) is 7.40. The van der Waals surface area contributed by atoms with Gasteiger partial charge < -0.3 is 15.5 Å². The Morgan fingerprint density at radius 1 is 1.56 bits per heavy atom. The van der Waals surface area contributed by atoms with Gasteiger partial charge in [-0.2, -0.15) is 0 Å². The molecule has 0 unspecified atom stereocenters. The number of hydrogen-bond donors (Lipinski definition) is 2. The van der Waals surface area contributed by atoms with Gasteiger partial charge in [-0.25, -0.2) is 4.98 Å². The van der Waals surface area contributed by atoms with Crippen molar-refractivity contribution in [2.75, 3.05) is 6.54 Å². The molecule has 5 heteroatoms. The summed E-state index contributed by atoms with van der Waals surface area (Å²) in [6, 6.07) is 3.98. The van der Waals surface area contributed by atoms with Gasteiger partial charge >= 0.3 is 0 Å². The Balaban J connectivity index is 2.03. The van der Waals surface area contributed by atoms with E-state index in [1.54, 1.807) is 0 Å². The first kappa shape index (κ1) is 11.6. The molecule has 1 aromatic heterocycles. The maximum Gasteiger partial charge on any atom is 0.141 e. The van der Waals surface area contributed by atoms with E-state index in [0.717, 1.165) is 34.8 Å². The van der Waals surface area contributed by atoms with E-state index in [2.05, 4.69) is 16.0 Å². The number of ether oxygens (including phenoxy) is 1. The van der Waals surface area contributed by atoms with Crippen LogP contribution in [-0.2, 0) is 6.42 Å². The van der Waals surface area contributed by atoms with Gasteiger partial charge in [-0.3, -0.25) is 0 Å². The topological polar surface area (TPSA) is 63.9 Å². The fourth-order valence-electron chi connectivity index (χ4n) is 2.24. The van der Waals surface area contributed by atoms with Crippen molar-refractivity contribution in [3.8, 4) is 17.0 Å². The van der Waals surface area contributed by atoms with E-state index in [1.807, 2.05) is 19.2 Å². The van der Waals surface area contributed by atoms with Gasteiger partial charge in [-0.15, -0.1) is 0 Å². The Morgan fingerprint density at radius 2 is 2.39 bits per heavy atom. The average molecular weight is 264 g/mol. The first-order valence-corrected chi connectivity index (χ1v) is 6.26. The summed E-state index contributed by atoms with van der Waals surface area (Å²) in [6.45, 7) is 2.43. The summed E-state index contributed by atoms with van der Waals surface area (Å²) in [5.41, 5.74) is 8.74. The van der Waals surface area contributed by atoms with Crippen LogP contribution in [0.5, 0.6) is 5.75 Å². The second kappa shape index (κ2) is 4.30. The molecule has 0 radical (unpaired) electrons. The number of benzene rings is 1. The van der Waals surface area contributed by atoms with Gasteiger partial charge in [0.2, 0.25) is 0 Å². The maximum absolute atomic E-state index is 6.25. The van der Waals surface area contributed by atoms with Gasteiger partial charge in [0.05, 0.1) is 16.9 Å². The van der Waals surface area contributed by atoms with Gasteiger partial charge in [-0.1, -0.05) is 11.6 Å². The number of nitrogens with zero attached hydrogens (tertiary/aromatic N) is 1. The number of nitrogens with two attached hydrogens (primary N) is 1. The molecule has 0 aliphatic carbocycles. The van der Waals surface area contributed by atoms with Crippen molar-refractivity contribution in [2.24, 2.45) is 5.73 Å².